The van der Waals surface area contributed by atoms with Crippen LogP contribution in [0.25, 0.3) is 0 Å². The molecule has 1 rings (SSSR count). The number of nitrogens with two attached hydrogens (primary N) is 1. The van der Waals surface area contributed by atoms with Gasteiger partial charge in [-0.05, 0) is 66.0 Å². The largest absolute Gasteiger partial charge is 0.508 e. The molecule has 0 amide bonds. The zero-order chi connectivity index (χ0) is 18.8. The van der Waals surface area contributed by atoms with Crippen LogP contribution < -0.4 is 5.73 Å². The van der Waals surface area contributed by atoms with E-state index in [4.69, 9.17) is 5.73 Å². The first kappa shape index (κ1) is 20.7. The summed E-state index contributed by atoms with van der Waals surface area (Å²) in [5, 5.41) is 19.3. The van der Waals surface area contributed by atoms with Crippen molar-refractivity contribution in [2.45, 2.75) is 53.0 Å². The van der Waals surface area contributed by atoms with E-state index in [1.807, 2.05) is 44.2 Å². The number of aromatic hydroxyl groups is 1. The molecule has 0 spiro atoms. The average Bonchev–Trinajstić information content (AvgIpc) is 2.60. The van der Waals surface area contributed by atoms with Crippen LogP contribution in [0.5, 0.6) is 5.75 Å². The lowest BCUT2D eigenvalue weighted by molar-refractivity contribution is 0.466. The molecule has 0 saturated carbocycles. The molecule has 0 aliphatic carbocycles. The number of rotatable bonds is 9. The zero-order valence-corrected chi connectivity index (χ0v) is 15.7. The molecule has 3 N–H and O–H groups in total. The quantitative estimate of drug-likeness (QED) is 0.494. The summed E-state index contributed by atoms with van der Waals surface area (Å²) in [4.78, 5) is 0. The van der Waals surface area contributed by atoms with Gasteiger partial charge in [-0.3, -0.25) is 0 Å². The molecule has 0 saturated heterocycles. The number of nitriles is 1. The summed E-state index contributed by atoms with van der Waals surface area (Å²) in [6.45, 7) is 10.5. The van der Waals surface area contributed by atoms with Crippen LogP contribution in [0.2, 0.25) is 0 Å². The van der Waals surface area contributed by atoms with Crippen molar-refractivity contribution in [3.63, 3.8) is 0 Å². The number of phenolic OH excluding ortho intramolecular Hbond substituents is 1. The van der Waals surface area contributed by atoms with Crippen molar-refractivity contribution in [2.24, 2.45) is 11.7 Å². The SMILES string of the molecule is C=C/C(=C\C(C#N)=C/CC)CC(C)Cc1cc(O)c(CC)cc1CN. The van der Waals surface area contributed by atoms with Crippen LogP contribution in [0.4, 0.5) is 0 Å². The van der Waals surface area contributed by atoms with Crippen molar-refractivity contribution in [3.8, 4) is 11.8 Å². The lowest BCUT2D eigenvalue weighted by atomic mass is 9.90. The number of hydrogen-bond donors (Lipinski definition) is 2. The highest BCUT2D eigenvalue weighted by molar-refractivity contribution is 5.42. The summed E-state index contributed by atoms with van der Waals surface area (Å²) in [6, 6.07) is 6.08. The van der Waals surface area contributed by atoms with Crippen molar-refractivity contribution in [1.82, 2.24) is 0 Å². The number of allylic oxidation sites excluding steroid dienone is 5. The third-order valence-corrected chi connectivity index (χ3v) is 4.31. The Labute approximate surface area is 152 Å². The van der Waals surface area contributed by atoms with E-state index >= 15 is 0 Å². The van der Waals surface area contributed by atoms with Gasteiger partial charge in [0.05, 0.1) is 6.07 Å². The molecule has 3 heteroatoms. The van der Waals surface area contributed by atoms with Crippen molar-refractivity contribution in [3.05, 3.63) is 64.8 Å². The molecule has 1 unspecified atom stereocenters. The van der Waals surface area contributed by atoms with E-state index < -0.39 is 0 Å². The first-order valence-electron chi connectivity index (χ1n) is 8.95. The van der Waals surface area contributed by atoms with Gasteiger partial charge >= 0.3 is 0 Å². The van der Waals surface area contributed by atoms with Crippen molar-refractivity contribution >= 4 is 0 Å². The number of hydrogen-bond acceptors (Lipinski definition) is 3. The topological polar surface area (TPSA) is 70.0 Å². The predicted molar refractivity (Wildman–Crippen MR) is 105 cm³/mol. The Morgan fingerprint density at radius 3 is 2.56 bits per heavy atom. The maximum atomic E-state index is 10.2. The minimum atomic E-state index is 0.346. The second-order valence-electron chi connectivity index (χ2n) is 6.42. The Balaban J connectivity index is 2.95. The van der Waals surface area contributed by atoms with Gasteiger partial charge in [-0.15, -0.1) is 0 Å². The Bertz CT molecular complexity index is 693. The molecule has 0 bridgehead atoms. The van der Waals surface area contributed by atoms with Gasteiger partial charge in [0.15, 0.2) is 0 Å². The fourth-order valence-electron chi connectivity index (χ4n) is 3.00. The Kier molecular flexibility index (Phi) is 8.74. The average molecular weight is 338 g/mol. The van der Waals surface area contributed by atoms with E-state index in [-0.39, 0.29) is 0 Å². The summed E-state index contributed by atoms with van der Waals surface area (Å²) >= 11 is 0. The highest BCUT2D eigenvalue weighted by atomic mass is 16.3. The van der Waals surface area contributed by atoms with Crippen LogP contribution in [-0.2, 0) is 19.4 Å². The first-order valence-corrected chi connectivity index (χ1v) is 8.95. The van der Waals surface area contributed by atoms with Crippen LogP contribution in [-0.4, -0.2) is 5.11 Å². The highest BCUT2D eigenvalue weighted by Gasteiger charge is 2.12. The number of aryl methyl sites for hydroxylation is 1. The molecule has 0 aromatic heterocycles. The molecular formula is C22H30N2O. The fraction of sp³-hybridized carbons (Fsp3) is 0.409. The van der Waals surface area contributed by atoms with Gasteiger partial charge in [-0.2, -0.15) is 5.26 Å². The van der Waals surface area contributed by atoms with Crippen molar-refractivity contribution in [2.75, 3.05) is 0 Å². The maximum absolute atomic E-state index is 10.2. The lowest BCUT2D eigenvalue weighted by Crippen LogP contribution is -2.08. The van der Waals surface area contributed by atoms with Gasteiger partial charge in [0.25, 0.3) is 0 Å². The van der Waals surface area contributed by atoms with E-state index in [2.05, 4.69) is 19.6 Å². The third kappa shape index (κ3) is 6.25. The number of benzene rings is 1. The van der Waals surface area contributed by atoms with Gasteiger partial charge in [0.2, 0.25) is 0 Å². The smallest absolute Gasteiger partial charge is 0.119 e. The Hall–Kier alpha value is -2.31. The number of phenols is 1. The van der Waals surface area contributed by atoms with Crippen molar-refractivity contribution < 1.29 is 5.11 Å². The van der Waals surface area contributed by atoms with E-state index in [0.29, 0.717) is 23.8 Å². The van der Waals surface area contributed by atoms with E-state index in [1.165, 1.54) is 0 Å². The first-order chi connectivity index (χ1) is 12.0. The molecule has 25 heavy (non-hydrogen) atoms. The number of nitrogens with zero attached hydrogens (tertiary/aromatic N) is 1. The summed E-state index contributed by atoms with van der Waals surface area (Å²) in [6.07, 6.45) is 8.93. The fourth-order valence-corrected chi connectivity index (χ4v) is 3.00. The molecule has 0 aliphatic heterocycles. The van der Waals surface area contributed by atoms with Crippen LogP contribution in [0.1, 0.15) is 50.3 Å². The van der Waals surface area contributed by atoms with Crippen LogP contribution in [0.3, 0.4) is 0 Å². The third-order valence-electron chi connectivity index (χ3n) is 4.31. The highest BCUT2D eigenvalue weighted by Crippen LogP contribution is 2.27. The van der Waals surface area contributed by atoms with Gasteiger partial charge in [0, 0.05) is 12.1 Å². The minimum absolute atomic E-state index is 0.346. The van der Waals surface area contributed by atoms with Gasteiger partial charge in [0.1, 0.15) is 5.75 Å². The summed E-state index contributed by atoms with van der Waals surface area (Å²) in [5.74, 6) is 0.696. The standard InChI is InChI=1S/C22H30N2O/c1-5-8-18(14-23)11-17(6-2)9-16(4)10-20-13-22(25)19(7-3)12-21(20)15-24/h6,8,11-13,16,25H,2,5,7,9-10,15,24H2,1,3-4H3/b17-11+,18-8+. The molecule has 3 nitrogen and oxygen atoms in total. The van der Waals surface area contributed by atoms with E-state index in [9.17, 15) is 10.4 Å². The van der Waals surface area contributed by atoms with Gasteiger partial charge in [-0.1, -0.05) is 45.6 Å². The second kappa shape index (κ2) is 10.5. The molecule has 0 heterocycles. The van der Waals surface area contributed by atoms with Crippen LogP contribution in [0.15, 0.2) is 48.1 Å². The summed E-state index contributed by atoms with van der Waals surface area (Å²) in [5.41, 5.74) is 10.7. The molecular weight excluding hydrogens is 308 g/mol. The Morgan fingerprint density at radius 2 is 2.04 bits per heavy atom. The predicted octanol–water partition coefficient (Wildman–Crippen LogP) is 4.95. The van der Waals surface area contributed by atoms with E-state index in [0.717, 1.165) is 47.9 Å². The monoisotopic (exact) mass is 338 g/mol. The molecule has 0 radical (unpaired) electrons. The lowest BCUT2D eigenvalue weighted by Gasteiger charge is -2.17. The normalized spacial score (nSPS) is 13.4. The summed E-state index contributed by atoms with van der Waals surface area (Å²) < 4.78 is 0. The minimum Gasteiger partial charge on any atom is -0.508 e. The summed E-state index contributed by atoms with van der Waals surface area (Å²) in [7, 11) is 0. The van der Waals surface area contributed by atoms with Crippen LogP contribution in [0, 0.1) is 17.2 Å². The van der Waals surface area contributed by atoms with E-state index in [1.54, 1.807) is 0 Å². The van der Waals surface area contributed by atoms with Gasteiger partial charge < -0.3 is 10.8 Å². The van der Waals surface area contributed by atoms with Crippen molar-refractivity contribution in [1.29, 1.82) is 5.26 Å². The zero-order valence-electron chi connectivity index (χ0n) is 15.7. The molecule has 0 fully saturated rings. The molecule has 134 valence electrons. The Morgan fingerprint density at radius 1 is 1.32 bits per heavy atom. The van der Waals surface area contributed by atoms with Crippen LogP contribution >= 0.6 is 0 Å². The maximum Gasteiger partial charge on any atom is 0.119 e. The second-order valence-corrected chi connectivity index (χ2v) is 6.42. The van der Waals surface area contributed by atoms with Gasteiger partial charge in [-0.25, -0.2) is 0 Å². The molecule has 0 aliphatic rings. The molecule has 1 aromatic rings. The molecule has 1 aromatic carbocycles. The molecule has 1 atom stereocenters.